The maximum absolute atomic E-state index is 12.7. The molecule has 0 aliphatic heterocycles. The van der Waals surface area contributed by atoms with Gasteiger partial charge in [-0.2, -0.15) is 0 Å². The molecule has 8 heteroatoms. The van der Waals surface area contributed by atoms with E-state index in [4.69, 9.17) is 4.74 Å². The molecule has 7 nitrogen and oxygen atoms in total. The molecule has 0 bridgehead atoms. The van der Waals surface area contributed by atoms with Crippen molar-refractivity contribution in [1.29, 1.82) is 0 Å². The lowest BCUT2D eigenvalue weighted by Crippen LogP contribution is -2.48. The van der Waals surface area contributed by atoms with Gasteiger partial charge in [0.25, 0.3) is 0 Å². The lowest BCUT2D eigenvalue weighted by molar-refractivity contribution is -0.141. The minimum absolute atomic E-state index is 0.0741. The number of sulfone groups is 1. The Morgan fingerprint density at radius 2 is 1.81 bits per heavy atom. The maximum atomic E-state index is 12.7. The minimum atomic E-state index is -3.67. The summed E-state index contributed by atoms with van der Waals surface area (Å²) >= 11 is 0. The van der Waals surface area contributed by atoms with Crippen LogP contribution < -0.4 is 10.1 Å². The number of hydrogen-bond donors (Lipinski definition) is 2. The number of ether oxygens (including phenoxy) is 1. The van der Waals surface area contributed by atoms with Crippen molar-refractivity contribution in [2.24, 2.45) is 5.92 Å². The summed E-state index contributed by atoms with van der Waals surface area (Å²) in [6, 6.07) is 5.70. The number of carboxylic acid groups (broad SMARTS) is 1. The summed E-state index contributed by atoms with van der Waals surface area (Å²) in [5, 5.41) is 12.5. The Kier molecular flexibility index (Phi) is 9.82. The van der Waals surface area contributed by atoms with E-state index in [1.807, 2.05) is 0 Å². The minimum Gasteiger partial charge on any atom is -0.481 e. The summed E-state index contributed by atoms with van der Waals surface area (Å²) < 4.78 is 30.8. The van der Waals surface area contributed by atoms with Gasteiger partial charge >= 0.3 is 5.97 Å². The van der Waals surface area contributed by atoms with Gasteiger partial charge in [0.15, 0.2) is 9.84 Å². The number of benzene rings is 1. The lowest BCUT2D eigenvalue weighted by atomic mass is 9.81. The second-order valence-corrected chi connectivity index (χ2v) is 9.75. The van der Waals surface area contributed by atoms with E-state index in [1.54, 1.807) is 19.1 Å². The predicted molar refractivity (Wildman–Crippen MR) is 121 cm³/mol. The summed E-state index contributed by atoms with van der Waals surface area (Å²) in [7, 11) is -3.67. The maximum Gasteiger partial charge on any atom is 0.321 e. The van der Waals surface area contributed by atoms with Gasteiger partial charge in [-0.3, -0.25) is 10.1 Å². The third kappa shape index (κ3) is 7.23. The molecule has 1 fully saturated rings. The molecule has 0 aromatic heterocycles. The average Bonchev–Trinajstić information content (AvgIpc) is 2.76. The first-order chi connectivity index (χ1) is 14.8. The molecule has 0 amide bonds. The van der Waals surface area contributed by atoms with Crippen molar-refractivity contribution in [3.8, 4) is 17.6 Å². The fourth-order valence-corrected chi connectivity index (χ4v) is 5.33. The number of rotatable bonds is 11. The van der Waals surface area contributed by atoms with Gasteiger partial charge < -0.3 is 14.7 Å². The van der Waals surface area contributed by atoms with Crippen molar-refractivity contribution < 1.29 is 23.1 Å². The zero-order valence-electron chi connectivity index (χ0n) is 18.6. The average molecular weight is 451 g/mol. The molecule has 0 radical (unpaired) electrons. The molecule has 1 saturated carbocycles. The Morgan fingerprint density at radius 1 is 1.19 bits per heavy atom. The molecule has 0 saturated heterocycles. The molecule has 1 aromatic carbocycles. The van der Waals surface area contributed by atoms with Crippen LogP contribution in [0.25, 0.3) is 0 Å². The van der Waals surface area contributed by atoms with Crippen LogP contribution in [-0.2, 0) is 14.6 Å². The molecule has 0 spiro atoms. The predicted octanol–water partition coefficient (Wildman–Crippen LogP) is 2.76. The van der Waals surface area contributed by atoms with Gasteiger partial charge in [0, 0.05) is 6.04 Å². The van der Waals surface area contributed by atoms with Crippen molar-refractivity contribution in [3.63, 3.8) is 0 Å². The SMILES string of the molecule is CC#CCOc1ccc(S(=O)(=O)CN[C@@H](C(=O)O)C2CCC(N(CC)CC)CC2)cc1. The number of aliphatic carboxylic acids is 1. The van der Waals surface area contributed by atoms with Gasteiger partial charge in [0.2, 0.25) is 0 Å². The van der Waals surface area contributed by atoms with E-state index in [1.165, 1.54) is 12.1 Å². The zero-order valence-corrected chi connectivity index (χ0v) is 19.5. The highest BCUT2D eigenvalue weighted by Gasteiger charge is 2.34. The topological polar surface area (TPSA) is 95.9 Å². The van der Waals surface area contributed by atoms with Crippen molar-refractivity contribution in [2.45, 2.75) is 63.4 Å². The second kappa shape index (κ2) is 12.1. The van der Waals surface area contributed by atoms with Crippen LogP contribution in [0.15, 0.2) is 29.2 Å². The molecule has 1 atom stereocenters. The quantitative estimate of drug-likeness (QED) is 0.501. The number of nitrogens with zero attached hydrogens (tertiary/aromatic N) is 1. The normalized spacial score (nSPS) is 20.0. The smallest absolute Gasteiger partial charge is 0.321 e. The molecule has 31 heavy (non-hydrogen) atoms. The van der Waals surface area contributed by atoms with Crippen LogP contribution in [-0.4, -0.2) is 62.1 Å². The summed E-state index contributed by atoms with van der Waals surface area (Å²) in [5.41, 5.74) is 0. The van der Waals surface area contributed by atoms with Crippen molar-refractivity contribution >= 4 is 15.8 Å². The summed E-state index contributed by atoms with van der Waals surface area (Å²) in [6.45, 7) is 8.20. The number of carbonyl (C=O) groups is 1. The van der Waals surface area contributed by atoms with Crippen LogP contribution in [0, 0.1) is 17.8 Å². The highest BCUT2D eigenvalue weighted by Crippen LogP contribution is 2.30. The number of carboxylic acids is 1. The van der Waals surface area contributed by atoms with E-state index in [0.717, 1.165) is 38.8 Å². The Balaban J connectivity index is 1.96. The Hall–Kier alpha value is -2.08. The summed E-state index contributed by atoms with van der Waals surface area (Å²) in [5.74, 6) is 4.54. The fraction of sp³-hybridized carbons (Fsp3) is 0.609. The first-order valence-corrected chi connectivity index (χ1v) is 12.5. The van der Waals surface area contributed by atoms with Crippen molar-refractivity contribution in [3.05, 3.63) is 24.3 Å². The number of hydrogen-bond acceptors (Lipinski definition) is 6. The zero-order chi connectivity index (χ0) is 22.9. The largest absolute Gasteiger partial charge is 0.481 e. The van der Waals surface area contributed by atoms with Gasteiger partial charge in [-0.25, -0.2) is 8.42 Å². The fourth-order valence-electron chi connectivity index (χ4n) is 4.21. The van der Waals surface area contributed by atoms with Gasteiger partial charge in [0.05, 0.1) is 4.90 Å². The first kappa shape index (κ1) is 25.2. The molecule has 1 aliphatic rings. The standard InChI is InChI=1S/C23H34N2O5S/c1-4-7-16-30-20-12-14-21(15-13-20)31(28,29)17-24-22(23(26)27)18-8-10-19(11-9-18)25(5-2)6-3/h12-15,18-19,22,24H,5-6,8-11,16-17H2,1-3H3,(H,26,27)/t18?,19?,22-/m1/s1. The van der Waals surface area contributed by atoms with Gasteiger partial charge in [0.1, 0.15) is 24.3 Å². The molecule has 0 unspecified atom stereocenters. The van der Waals surface area contributed by atoms with Gasteiger partial charge in [-0.1, -0.05) is 19.8 Å². The van der Waals surface area contributed by atoms with Gasteiger partial charge in [-0.15, -0.1) is 5.92 Å². The number of nitrogens with one attached hydrogen (secondary N) is 1. The molecule has 2 rings (SSSR count). The lowest BCUT2D eigenvalue weighted by Gasteiger charge is -2.37. The third-order valence-electron chi connectivity index (χ3n) is 5.97. The van der Waals surface area contributed by atoms with E-state index < -0.39 is 27.7 Å². The monoisotopic (exact) mass is 450 g/mol. The highest BCUT2D eigenvalue weighted by atomic mass is 32.2. The van der Waals surface area contributed by atoms with Crippen molar-refractivity contribution in [1.82, 2.24) is 10.2 Å². The van der Waals surface area contributed by atoms with E-state index in [2.05, 4.69) is 35.9 Å². The Bertz CT molecular complexity index is 861. The molecular formula is C23H34N2O5S. The van der Waals surface area contributed by atoms with E-state index in [0.29, 0.717) is 11.8 Å². The van der Waals surface area contributed by atoms with Crippen LogP contribution in [0.4, 0.5) is 0 Å². The molecule has 1 aliphatic carbocycles. The Morgan fingerprint density at radius 3 is 2.32 bits per heavy atom. The second-order valence-electron chi connectivity index (χ2n) is 7.76. The van der Waals surface area contributed by atoms with E-state index >= 15 is 0 Å². The summed E-state index contributed by atoms with van der Waals surface area (Å²) in [6.07, 6.45) is 3.43. The van der Waals surface area contributed by atoms with E-state index in [-0.39, 0.29) is 17.4 Å². The van der Waals surface area contributed by atoms with Crippen LogP contribution in [0.2, 0.25) is 0 Å². The highest BCUT2D eigenvalue weighted by molar-refractivity contribution is 7.91. The third-order valence-corrected chi connectivity index (χ3v) is 7.51. The Labute approximate surface area is 186 Å². The molecule has 0 heterocycles. The van der Waals surface area contributed by atoms with Gasteiger partial charge in [-0.05, 0) is 75.9 Å². The van der Waals surface area contributed by atoms with Crippen LogP contribution in [0.3, 0.4) is 0 Å². The molecule has 172 valence electrons. The van der Waals surface area contributed by atoms with Crippen LogP contribution >= 0.6 is 0 Å². The first-order valence-electron chi connectivity index (χ1n) is 10.9. The van der Waals surface area contributed by atoms with Crippen molar-refractivity contribution in [2.75, 3.05) is 25.6 Å². The molecule has 1 aromatic rings. The van der Waals surface area contributed by atoms with Crippen LogP contribution in [0.5, 0.6) is 5.75 Å². The molecule has 2 N–H and O–H groups in total. The summed E-state index contributed by atoms with van der Waals surface area (Å²) in [4.78, 5) is 14.4. The van der Waals surface area contributed by atoms with E-state index in [9.17, 15) is 18.3 Å². The van der Waals surface area contributed by atoms with Crippen LogP contribution in [0.1, 0.15) is 46.5 Å². The molecular weight excluding hydrogens is 416 g/mol.